The molecule has 1 saturated carbocycles. The highest BCUT2D eigenvalue weighted by Gasteiger charge is 2.33. The van der Waals surface area contributed by atoms with Gasteiger partial charge in [-0.15, -0.1) is 6.58 Å². The number of aliphatic hydroxyl groups excluding tert-OH is 1. The molecule has 1 fully saturated rings. The lowest BCUT2D eigenvalue weighted by Gasteiger charge is -2.25. The highest BCUT2D eigenvalue weighted by molar-refractivity contribution is 5.47. The molecule has 0 radical (unpaired) electrons. The molecule has 1 N–H and O–H groups in total. The highest BCUT2D eigenvalue weighted by atomic mass is 16.5. The van der Waals surface area contributed by atoms with Crippen molar-refractivity contribution in [3.05, 3.63) is 78.5 Å². The van der Waals surface area contributed by atoms with E-state index in [0.717, 1.165) is 36.2 Å². The van der Waals surface area contributed by atoms with Gasteiger partial charge in [0.05, 0.1) is 43.4 Å². The molecule has 1 aliphatic carbocycles. The van der Waals surface area contributed by atoms with E-state index < -0.39 is 6.10 Å². The van der Waals surface area contributed by atoms with Gasteiger partial charge in [-0.25, -0.2) is 4.68 Å². The summed E-state index contributed by atoms with van der Waals surface area (Å²) in [5, 5.41) is 15.6. The van der Waals surface area contributed by atoms with Crippen molar-refractivity contribution >= 4 is 0 Å². The molecule has 1 heterocycles. The van der Waals surface area contributed by atoms with E-state index in [-0.39, 0.29) is 6.61 Å². The Hall–Kier alpha value is -3.13. The maximum Gasteiger partial charge on any atom is 0.227 e. The lowest BCUT2D eigenvalue weighted by molar-refractivity contribution is 0.0226. The number of benzene rings is 2. The molecule has 1 atom stereocenters. The van der Waals surface area contributed by atoms with Gasteiger partial charge in [-0.1, -0.05) is 43.3 Å². The molecule has 1 aliphatic rings. The van der Waals surface area contributed by atoms with Crippen LogP contribution in [0.25, 0.3) is 5.69 Å². The van der Waals surface area contributed by atoms with Crippen LogP contribution in [0.5, 0.6) is 17.4 Å². The van der Waals surface area contributed by atoms with Crippen LogP contribution in [0.2, 0.25) is 0 Å². The molecule has 7 heteroatoms. The van der Waals surface area contributed by atoms with Gasteiger partial charge in [0.2, 0.25) is 5.88 Å². The molecule has 0 aliphatic heterocycles. The average Bonchev–Trinajstić information content (AvgIpc) is 3.68. The fourth-order valence-electron chi connectivity index (χ4n) is 4.17. The average molecular weight is 478 g/mol. The number of aryl methyl sites for hydroxylation is 1. The van der Waals surface area contributed by atoms with E-state index in [0.29, 0.717) is 43.1 Å². The van der Waals surface area contributed by atoms with Crippen LogP contribution >= 0.6 is 0 Å². The van der Waals surface area contributed by atoms with Crippen molar-refractivity contribution in [3.8, 4) is 23.1 Å². The second-order valence-corrected chi connectivity index (χ2v) is 8.72. The standard InChI is InChI=1S/C28H35N3O4/c1-4-17-34-20-23(32)18-30(21-15-16-21)19-24-25(5-2)29-31(22-11-7-6-8-12-22)28(24)35-27-14-10-9-13-26(27)33-3/h4,6-14,21,23,32H,1,5,15-20H2,2-3H3/t23-/m0/s1. The molecular weight excluding hydrogens is 442 g/mol. The summed E-state index contributed by atoms with van der Waals surface area (Å²) in [5.74, 6) is 1.96. The van der Waals surface area contributed by atoms with Crippen molar-refractivity contribution in [2.24, 2.45) is 0 Å². The molecular formula is C28H35N3O4. The monoisotopic (exact) mass is 477 g/mol. The van der Waals surface area contributed by atoms with Crippen LogP contribution in [0, 0.1) is 0 Å². The van der Waals surface area contributed by atoms with Gasteiger partial charge >= 0.3 is 0 Å². The Bertz CT molecular complexity index is 1090. The van der Waals surface area contributed by atoms with Crippen molar-refractivity contribution in [2.75, 3.05) is 26.9 Å². The van der Waals surface area contributed by atoms with Gasteiger partial charge in [-0.05, 0) is 43.5 Å². The van der Waals surface area contributed by atoms with Crippen LogP contribution in [-0.4, -0.2) is 58.8 Å². The highest BCUT2D eigenvalue weighted by Crippen LogP contribution is 2.38. The van der Waals surface area contributed by atoms with Crippen molar-refractivity contribution in [1.82, 2.24) is 14.7 Å². The molecule has 0 saturated heterocycles. The largest absolute Gasteiger partial charge is 0.493 e. The Morgan fingerprint density at radius 2 is 1.86 bits per heavy atom. The summed E-state index contributed by atoms with van der Waals surface area (Å²) >= 11 is 0. The Morgan fingerprint density at radius 1 is 1.14 bits per heavy atom. The minimum Gasteiger partial charge on any atom is -0.493 e. The zero-order valence-electron chi connectivity index (χ0n) is 20.6. The van der Waals surface area contributed by atoms with Crippen LogP contribution in [0.15, 0.2) is 67.3 Å². The molecule has 1 aromatic heterocycles. The third kappa shape index (κ3) is 6.31. The fraction of sp³-hybridized carbons (Fsp3) is 0.393. The quantitative estimate of drug-likeness (QED) is 0.267. The van der Waals surface area contributed by atoms with E-state index in [2.05, 4.69) is 18.4 Å². The minimum absolute atomic E-state index is 0.281. The van der Waals surface area contributed by atoms with Crippen LogP contribution in [0.4, 0.5) is 0 Å². The summed E-state index contributed by atoms with van der Waals surface area (Å²) < 4.78 is 19.4. The second-order valence-electron chi connectivity index (χ2n) is 8.72. The smallest absolute Gasteiger partial charge is 0.227 e. The first-order valence-corrected chi connectivity index (χ1v) is 12.2. The zero-order valence-corrected chi connectivity index (χ0v) is 20.6. The number of aliphatic hydroxyl groups is 1. The third-order valence-corrected chi connectivity index (χ3v) is 6.05. The third-order valence-electron chi connectivity index (χ3n) is 6.05. The van der Waals surface area contributed by atoms with Gasteiger partial charge in [0.1, 0.15) is 0 Å². The van der Waals surface area contributed by atoms with E-state index in [9.17, 15) is 5.11 Å². The van der Waals surface area contributed by atoms with Gasteiger partial charge in [0, 0.05) is 19.1 Å². The van der Waals surface area contributed by atoms with Gasteiger partial charge in [0.15, 0.2) is 11.5 Å². The zero-order chi connectivity index (χ0) is 24.6. The summed E-state index contributed by atoms with van der Waals surface area (Å²) in [6.45, 7) is 7.64. The molecule has 7 nitrogen and oxygen atoms in total. The van der Waals surface area contributed by atoms with E-state index in [4.69, 9.17) is 19.3 Å². The Labute approximate surface area is 207 Å². The van der Waals surface area contributed by atoms with Crippen LogP contribution in [0.3, 0.4) is 0 Å². The predicted molar refractivity (Wildman–Crippen MR) is 136 cm³/mol. The van der Waals surface area contributed by atoms with E-state index >= 15 is 0 Å². The SMILES string of the molecule is C=CCOC[C@@H](O)CN(Cc1c(CC)nn(-c2ccccc2)c1Oc1ccccc1OC)C1CC1. The molecule has 0 bridgehead atoms. The van der Waals surface area contributed by atoms with Crippen molar-refractivity contribution < 1.29 is 19.3 Å². The van der Waals surface area contributed by atoms with Crippen molar-refractivity contribution in [2.45, 2.75) is 44.9 Å². The molecule has 0 spiro atoms. The number of aromatic nitrogens is 2. The second kappa shape index (κ2) is 12.0. The van der Waals surface area contributed by atoms with Crippen LogP contribution in [0.1, 0.15) is 31.0 Å². The van der Waals surface area contributed by atoms with Gasteiger partial charge in [0.25, 0.3) is 0 Å². The number of nitrogens with zero attached hydrogens (tertiary/aromatic N) is 3. The topological polar surface area (TPSA) is 69.0 Å². The summed E-state index contributed by atoms with van der Waals surface area (Å²) in [4.78, 5) is 2.32. The first-order chi connectivity index (χ1) is 17.1. The Balaban J connectivity index is 1.69. The Morgan fingerprint density at radius 3 is 2.51 bits per heavy atom. The molecule has 0 amide bonds. The summed E-state index contributed by atoms with van der Waals surface area (Å²) in [5.41, 5.74) is 2.92. The van der Waals surface area contributed by atoms with Gasteiger partial charge < -0.3 is 19.3 Å². The summed E-state index contributed by atoms with van der Waals surface area (Å²) in [7, 11) is 1.64. The number of rotatable bonds is 14. The van der Waals surface area contributed by atoms with Crippen LogP contribution in [-0.2, 0) is 17.7 Å². The van der Waals surface area contributed by atoms with Crippen LogP contribution < -0.4 is 9.47 Å². The molecule has 35 heavy (non-hydrogen) atoms. The van der Waals surface area contributed by atoms with Gasteiger partial charge in [-0.2, -0.15) is 5.10 Å². The van der Waals surface area contributed by atoms with E-state index in [1.54, 1.807) is 13.2 Å². The predicted octanol–water partition coefficient (Wildman–Crippen LogP) is 4.76. The van der Waals surface area contributed by atoms with Crippen molar-refractivity contribution in [3.63, 3.8) is 0 Å². The number of hydrogen-bond donors (Lipinski definition) is 1. The number of ether oxygens (including phenoxy) is 3. The first-order valence-electron chi connectivity index (χ1n) is 12.2. The lowest BCUT2D eigenvalue weighted by Crippen LogP contribution is -2.36. The maximum atomic E-state index is 10.6. The number of methoxy groups -OCH3 is 1. The van der Waals surface area contributed by atoms with E-state index in [1.165, 1.54) is 0 Å². The summed E-state index contributed by atoms with van der Waals surface area (Å²) in [6.07, 6.45) is 4.12. The minimum atomic E-state index is -0.580. The molecule has 186 valence electrons. The normalized spacial score (nSPS) is 14.2. The number of hydrogen-bond acceptors (Lipinski definition) is 6. The molecule has 3 aromatic rings. The fourth-order valence-corrected chi connectivity index (χ4v) is 4.17. The molecule has 0 unspecified atom stereocenters. The molecule has 4 rings (SSSR count). The Kier molecular flexibility index (Phi) is 8.58. The van der Waals surface area contributed by atoms with Crippen molar-refractivity contribution in [1.29, 1.82) is 0 Å². The first kappa shape index (κ1) is 25.0. The maximum absolute atomic E-state index is 10.6. The molecule has 2 aromatic carbocycles. The lowest BCUT2D eigenvalue weighted by atomic mass is 10.1. The van der Waals surface area contributed by atoms with E-state index in [1.807, 2.05) is 59.3 Å². The summed E-state index contributed by atoms with van der Waals surface area (Å²) in [6, 6.07) is 18.1. The number of para-hydroxylation sites is 3. The van der Waals surface area contributed by atoms with Gasteiger partial charge in [-0.3, -0.25) is 4.90 Å².